The van der Waals surface area contributed by atoms with Crippen molar-refractivity contribution in [3.63, 3.8) is 0 Å². The summed E-state index contributed by atoms with van der Waals surface area (Å²) in [5.74, 6) is 0. The molecular formula is C12H18N2. The van der Waals surface area contributed by atoms with E-state index in [1.54, 1.807) is 11.1 Å². The van der Waals surface area contributed by atoms with Crippen LogP contribution in [0.5, 0.6) is 0 Å². The van der Waals surface area contributed by atoms with E-state index in [2.05, 4.69) is 35.5 Å². The van der Waals surface area contributed by atoms with Gasteiger partial charge in [0.15, 0.2) is 0 Å². The predicted octanol–water partition coefficient (Wildman–Crippen LogP) is 1.79. The number of hydrogen-bond donors (Lipinski definition) is 1. The summed E-state index contributed by atoms with van der Waals surface area (Å²) in [6.07, 6.45) is 3.86. The van der Waals surface area contributed by atoms with Gasteiger partial charge in [-0.2, -0.15) is 0 Å². The predicted molar refractivity (Wildman–Crippen MR) is 60.8 cm³/mol. The van der Waals surface area contributed by atoms with Crippen LogP contribution < -0.4 is 10.2 Å². The summed E-state index contributed by atoms with van der Waals surface area (Å²) in [4.78, 5) is 2.23. The van der Waals surface area contributed by atoms with E-state index in [9.17, 15) is 0 Å². The van der Waals surface area contributed by atoms with Crippen LogP contribution in [0.15, 0.2) is 18.2 Å². The van der Waals surface area contributed by atoms with Crippen LogP contribution in [0.4, 0.5) is 5.69 Å². The number of fused-ring (bicyclic) bond motifs is 1. The minimum absolute atomic E-state index is 0.902. The molecule has 2 nitrogen and oxygen atoms in total. The maximum Gasteiger partial charge on any atom is 0.0676 e. The normalized spacial score (nSPS) is 14.1. The Morgan fingerprint density at radius 3 is 2.86 bits per heavy atom. The van der Waals surface area contributed by atoms with Gasteiger partial charge in [0, 0.05) is 12.7 Å². The monoisotopic (exact) mass is 190 g/mol. The zero-order valence-corrected chi connectivity index (χ0v) is 9.01. The van der Waals surface area contributed by atoms with Crippen LogP contribution in [-0.2, 0) is 12.8 Å². The van der Waals surface area contributed by atoms with Crippen LogP contribution >= 0.6 is 0 Å². The summed E-state index contributed by atoms with van der Waals surface area (Å²) >= 11 is 0. The summed E-state index contributed by atoms with van der Waals surface area (Å²) in [5.41, 5.74) is 4.41. The maximum absolute atomic E-state index is 3.16. The number of hydrogen-bond acceptors (Lipinski definition) is 2. The molecule has 1 aliphatic carbocycles. The van der Waals surface area contributed by atoms with Crippen LogP contribution in [0, 0.1) is 0 Å². The Kier molecular flexibility index (Phi) is 2.73. The molecule has 0 heterocycles. The summed E-state index contributed by atoms with van der Waals surface area (Å²) in [5, 5.41) is 3.16. The summed E-state index contributed by atoms with van der Waals surface area (Å²) in [6, 6.07) is 6.84. The molecule has 0 aliphatic heterocycles. The van der Waals surface area contributed by atoms with Crippen molar-refractivity contribution in [2.24, 2.45) is 0 Å². The van der Waals surface area contributed by atoms with E-state index in [0.29, 0.717) is 0 Å². The molecule has 0 saturated carbocycles. The Balaban J connectivity index is 2.19. The Hall–Kier alpha value is -1.02. The van der Waals surface area contributed by atoms with Crippen LogP contribution in [0.2, 0.25) is 0 Å². The summed E-state index contributed by atoms with van der Waals surface area (Å²) in [6.45, 7) is 0.902. The van der Waals surface area contributed by atoms with Crippen molar-refractivity contribution in [3.8, 4) is 0 Å². The van der Waals surface area contributed by atoms with Crippen LogP contribution in [-0.4, -0.2) is 20.8 Å². The number of nitrogens with zero attached hydrogens (tertiary/aromatic N) is 1. The van der Waals surface area contributed by atoms with Crippen LogP contribution in [0.1, 0.15) is 17.5 Å². The molecule has 1 aromatic rings. The van der Waals surface area contributed by atoms with E-state index < -0.39 is 0 Å². The van der Waals surface area contributed by atoms with Gasteiger partial charge in [-0.1, -0.05) is 6.07 Å². The molecule has 1 aliphatic rings. The lowest BCUT2D eigenvalue weighted by atomic mass is 10.1. The molecule has 14 heavy (non-hydrogen) atoms. The summed E-state index contributed by atoms with van der Waals surface area (Å²) in [7, 11) is 4.09. The van der Waals surface area contributed by atoms with E-state index >= 15 is 0 Å². The van der Waals surface area contributed by atoms with Crippen molar-refractivity contribution in [1.29, 1.82) is 0 Å². The molecule has 0 bridgehead atoms. The first-order chi connectivity index (χ1) is 6.81. The van der Waals surface area contributed by atoms with Gasteiger partial charge in [-0.05, 0) is 49.6 Å². The summed E-state index contributed by atoms with van der Waals surface area (Å²) < 4.78 is 0. The highest BCUT2D eigenvalue weighted by atomic mass is 15.2. The minimum Gasteiger partial charge on any atom is -0.362 e. The first-order valence-electron chi connectivity index (χ1n) is 5.29. The number of anilines is 1. The topological polar surface area (TPSA) is 15.3 Å². The Labute approximate surface area is 85.9 Å². The molecule has 76 valence electrons. The molecule has 1 aromatic carbocycles. The second kappa shape index (κ2) is 4.01. The second-order valence-electron chi connectivity index (χ2n) is 4.02. The highest BCUT2D eigenvalue weighted by Gasteiger charge is 2.11. The highest BCUT2D eigenvalue weighted by molar-refractivity contribution is 5.51. The lowest BCUT2D eigenvalue weighted by molar-refractivity contribution is 0.776. The van der Waals surface area contributed by atoms with Gasteiger partial charge < -0.3 is 10.2 Å². The molecule has 0 radical (unpaired) electrons. The van der Waals surface area contributed by atoms with E-state index in [0.717, 1.165) is 6.67 Å². The molecule has 0 atom stereocenters. The van der Waals surface area contributed by atoms with E-state index in [1.807, 2.05) is 7.05 Å². The smallest absolute Gasteiger partial charge is 0.0676 e. The first-order valence-corrected chi connectivity index (χ1v) is 5.29. The van der Waals surface area contributed by atoms with Gasteiger partial charge in [-0.15, -0.1) is 0 Å². The lowest BCUT2D eigenvalue weighted by Crippen LogP contribution is -2.28. The van der Waals surface area contributed by atoms with Crippen molar-refractivity contribution in [1.82, 2.24) is 5.32 Å². The van der Waals surface area contributed by atoms with Gasteiger partial charge in [-0.25, -0.2) is 0 Å². The lowest BCUT2D eigenvalue weighted by Gasteiger charge is -2.19. The third-order valence-electron chi connectivity index (χ3n) is 2.92. The number of rotatable bonds is 3. The molecule has 0 amide bonds. The van der Waals surface area contributed by atoms with Gasteiger partial charge in [0.1, 0.15) is 0 Å². The SMILES string of the molecule is CNCN(C)c1ccc2c(c1)CCC2. The Morgan fingerprint density at radius 2 is 2.07 bits per heavy atom. The fourth-order valence-corrected chi connectivity index (χ4v) is 2.12. The number of benzene rings is 1. The molecule has 0 aromatic heterocycles. The molecular weight excluding hydrogens is 172 g/mol. The Morgan fingerprint density at radius 1 is 1.29 bits per heavy atom. The average molecular weight is 190 g/mol. The fraction of sp³-hybridized carbons (Fsp3) is 0.500. The molecule has 1 N–H and O–H groups in total. The molecule has 0 saturated heterocycles. The zero-order valence-electron chi connectivity index (χ0n) is 9.01. The van der Waals surface area contributed by atoms with Gasteiger partial charge in [-0.3, -0.25) is 0 Å². The Bertz CT molecular complexity index is 320. The molecule has 0 spiro atoms. The standard InChI is InChI=1S/C12H18N2/c1-13-9-14(2)12-7-6-10-4-3-5-11(10)8-12/h6-8,13H,3-5,9H2,1-2H3. The van der Waals surface area contributed by atoms with Gasteiger partial charge in [0.2, 0.25) is 0 Å². The molecule has 0 unspecified atom stereocenters. The van der Waals surface area contributed by atoms with Crippen molar-refractivity contribution < 1.29 is 0 Å². The van der Waals surface area contributed by atoms with E-state index in [4.69, 9.17) is 0 Å². The molecule has 2 heteroatoms. The van der Waals surface area contributed by atoms with Gasteiger partial charge in [0.25, 0.3) is 0 Å². The zero-order chi connectivity index (χ0) is 9.97. The van der Waals surface area contributed by atoms with E-state index in [-0.39, 0.29) is 0 Å². The van der Waals surface area contributed by atoms with Crippen LogP contribution in [0.3, 0.4) is 0 Å². The highest BCUT2D eigenvalue weighted by Crippen LogP contribution is 2.25. The van der Waals surface area contributed by atoms with Gasteiger partial charge in [0.05, 0.1) is 6.67 Å². The van der Waals surface area contributed by atoms with E-state index in [1.165, 1.54) is 24.9 Å². The first kappa shape index (κ1) is 9.53. The fourth-order valence-electron chi connectivity index (χ4n) is 2.12. The number of aryl methyl sites for hydroxylation is 2. The second-order valence-corrected chi connectivity index (χ2v) is 4.02. The van der Waals surface area contributed by atoms with Gasteiger partial charge >= 0.3 is 0 Å². The largest absolute Gasteiger partial charge is 0.362 e. The molecule has 0 fully saturated rings. The van der Waals surface area contributed by atoms with Crippen LogP contribution in [0.25, 0.3) is 0 Å². The quantitative estimate of drug-likeness (QED) is 0.731. The minimum atomic E-state index is 0.902. The number of nitrogens with one attached hydrogen (secondary N) is 1. The van der Waals surface area contributed by atoms with Crippen molar-refractivity contribution in [2.45, 2.75) is 19.3 Å². The van der Waals surface area contributed by atoms with Crippen molar-refractivity contribution in [3.05, 3.63) is 29.3 Å². The maximum atomic E-state index is 3.16. The third-order valence-corrected chi connectivity index (χ3v) is 2.92. The average Bonchev–Trinajstić information content (AvgIpc) is 2.64. The van der Waals surface area contributed by atoms with Crippen molar-refractivity contribution >= 4 is 5.69 Å². The molecule has 2 rings (SSSR count). The van der Waals surface area contributed by atoms with Crippen molar-refractivity contribution in [2.75, 3.05) is 25.7 Å². The third kappa shape index (κ3) is 1.75.